The molecule has 4 heteroatoms. The predicted octanol–water partition coefficient (Wildman–Crippen LogP) is 1.88. The van der Waals surface area contributed by atoms with Crippen LogP contribution in [0.25, 0.3) is 0 Å². The monoisotopic (exact) mass is 204 g/mol. The van der Waals surface area contributed by atoms with Crippen molar-refractivity contribution >= 4 is 0 Å². The van der Waals surface area contributed by atoms with Gasteiger partial charge in [0.2, 0.25) is 0 Å². The Morgan fingerprint density at radius 3 is 2.80 bits per heavy atom. The average Bonchev–Trinajstić information content (AvgIpc) is 2.88. The molecular formula is C11H16N4. The lowest BCUT2D eigenvalue weighted by Gasteiger charge is -2.09. The van der Waals surface area contributed by atoms with E-state index in [0.29, 0.717) is 12.3 Å². The summed E-state index contributed by atoms with van der Waals surface area (Å²) in [7, 11) is 0. The smallest absolute Gasteiger partial charge is 0.100 e. The first-order valence-corrected chi connectivity index (χ1v) is 5.51. The summed E-state index contributed by atoms with van der Waals surface area (Å²) < 4.78 is 2.00. The first-order valence-electron chi connectivity index (χ1n) is 5.51. The Bertz CT molecular complexity index is 382. The van der Waals surface area contributed by atoms with E-state index in [1.807, 2.05) is 4.68 Å². The Hall–Kier alpha value is -1.37. The van der Waals surface area contributed by atoms with Crippen LogP contribution in [-0.4, -0.2) is 15.0 Å². The maximum Gasteiger partial charge on any atom is 0.100 e. The zero-order chi connectivity index (χ0) is 10.8. The molecule has 80 valence electrons. The molecule has 0 aromatic carbocycles. The highest BCUT2D eigenvalue weighted by Gasteiger charge is 2.25. The quantitative estimate of drug-likeness (QED) is 0.752. The van der Waals surface area contributed by atoms with Crippen LogP contribution in [0.3, 0.4) is 0 Å². The van der Waals surface area contributed by atoms with Crippen molar-refractivity contribution in [3.63, 3.8) is 0 Å². The summed E-state index contributed by atoms with van der Waals surface area (Å²) in [6.45, 7) is 5.23. The fourth-order valence-corrected chi connectivity index (χ4v) is 1.87. The highest BCUT2D eigenvalue weighted by molar-refractivity contribution is 5.17. The highest BCUT2D eigenvalue weighted by atomic mass is 15.4. The van der Waals surface area contributed by atoms with Crippen molar-refractivity contribution in [2.45, 2.75) is 45.6 Å². The van der Waals surface area contributed by atoms with Crippen molar-refractivity contribution in [1.29, 1.82) is 5.26 Å². The Kier molecular flexibility index (Phi) is 2.72. The molecule has 1 aliphatic rings. The lowest BCUT2D eigenvalue weighted by molar-refractivity contribution is 0.513. The van der Waals surface area contributed by atoms with Crippen LogP contribution in [0, 0.1) is 17.2 Å². The molecule has 0 N–H and O–H groups in total. The van der Waals surface area contributed by atoms with Gasteiger partial charge in [0.05, 0.1) is 18.2 Å². The van der Waals surface area contributed by atoms with Gasteiger partial charge in [0.15, 0.2) is 0 Å². The van der Waals surface area contributed by atoms with Crippen LogP contribution in [0.1, 0.15) is 44.0 Å². The number of rotatable bonds is 4. The number of nitrogens with zero attached hydrogens (tertiary/aromatic N) is 4. The second kappa shape index (κ2) is 4.01. The molecule has 0 spiro atoms. The maximum atomic E-state index is 8.70. The molecule has 0 amide bonds. The van der Waals surface area contributed by atoms with Gasteiger partial charge < -0.3 is 0 Å². The van der Waals surface area contributed by atoms with Crippen molar-refractivity contribution < 1.29 is 0 Å². The summed E-state index contributed by atoms with van der Waals surface area (Å²) >= 11 is 0. The lowest BCUT2D eigenvalue weighted by Crippen LogP contribution is -2.09. The van der Waals surface area contributed by atoms with Crippen LogP contribution in [0.4, 0.5) is 0 Å². The number of hydrogen-bond acceptors (Lipinski definition) is 3. The van der Waals surface area contributed by atoms with Gasteiger partial charge in [-0.3, -0.25) is 0 Å². The van der Waals surface area contributed by atoms with E-state index in [-0.39, 0.29) is 0 Å². The first kappa shape index (κ1) is 10.2. The SMILES string of the molecule is CC(C)c1c(CC#N)nnn1CC1CC1. The number of aromatic nitrogens is 3. The molecule has 1 aromatic heterocycles. The van der Waals surface area contributed by atoms with Gasteiger partial charge in [0, 0.05) is 6.54 Å². The molecule has 2 rings (SSSR count). The maximum absolute atomic E-state index is 8.70. The van der Waals surface area contributed by atoms with E-state index in [2.05, 4.69) is 30.2 Å². The van der Waals surface area contributed by atoms with E-state index in [4.69, 9.17) is 5.26 Å². The summed E-state index contributed by atoms with van der Waals surface area (Å²) in [4.78, 5) is 0. The molecule has 0 unspecified atom stereocenters. The third kappa shape index (κ3) is 2.17. The van der Waals surface area contributed by atoms with Crippen molar-refractivity contribution in [1.82, 2.24) is 15.0 Å². The van der Waals surface area contributed by atoms with Crippen LogP contribution >= 0.6 is 0 Å². The van der Waals surface area contributed by atoms with Crippen LogP contribution in [0.5, 0.6) is 0 Å². The van der Waals surface area contributed by atoms with Crippen molar-refractivity contribution in [3.05, 3.63) is 11.4 Å². The van der Waals surface area contributed by atoms with Crippen LogP contribution in [-0.2, 0) is 13.0 Å². The Labute approximate surface area is 89.9 Å². The van der Waals surface area contributed by atoms with E-state index in [1.54, 1.807) is 0 Å². The molecule has 4 nitrogen and oxygen atoms in total. The highest BCUT2D eigenvalue weighted by Crippen LogP contribution is 2.31. The van der Waals surface area contributed by atoms with Crippen molar-refractivity contribution in [2.75, 3.05) is 0 Å². The molecule has 0 bridgehead atoms. The topological polar surface area (TPSA) is 54.5 Å². The van der Waals surface area contributed by atoms with Gasteiger partial charge in [0.1, 0.15) is 5.69 Å². The van der Waals surface area contributed by atoms with Crippen LogP contribution < -0.4 is 0 Å². The van der Waals surface area contributed by atoms with E-state index in [0.717, 1.165) is 23.9 Å². The van der Waals surface area contributed by atoms with Crippen molar-refractivity contribution in [3.8, 4) is 6.07 Å². The zero-order valence-electron chi connectivity index (χ0n) is 9.27. The van der Waals surface area contributed by atoms with Gasteiger partial charge in [-0.2, -0.15) is 5.26 Å². The minimum Gasteiger partial charge on any atom is -0.249 e. The van der Waals surface area contributed by atoms with E-state index >= 15 is 0 Å². The third-order valence-electron chi connectivity index (χ3n) is 2.77. The summed E-state index contributed by atoms with van der Waals surface area (Å²) in [6, 6.07) is 2.15. The molecule has 0 saturated heterocycles. The van der Waals surface area contributed by atoms with Gasteiger partial charge >= 0.3 is 0 Å². The number of nitriles is 1. The standard InChI is InChI=1S/C11H16N4/c1-8(2)11-10(5-6-12)13-14-15(11)7-9-3-4-9/h8-9H,3-5,7H2,1-2H3. The summed E-state index contributed by atoms with van der Waals surface area (Å²) in [5, 5.41) is 17.0. The van der Waals surface area contributed by atoms with Gasteiger partial charge in [-0.05, 0) is 24.7 Å². The Balaban J connectivity index is 2.24. The zero-order valence-corrected chi connectivity index (χ0v) is 9.27. The molecule has 0 aliphatic heterocycles. The predicted molar refractivity (Wildman–Crippen MR) is 56.2 cm³/mol. The average molecular weight is 204 g/mol. The Morgan fingerprint density at radius 1 is 1.53 bits per heavy atom. The Morgan fingerprint density at radius 2 is 2.27 bits per heavy atom. The minimum atomic E-state index is 0.373. The second-order valence-electron chi connectivity index (χ2n) is 4.54. The molecule has 1 heterocycles. The molecule has 1 aromatic rings. The molecule has 1 saturated carbocycles. The van der Waals surface area contributed by atoms with E-state index in [9.17, 15) is 0 Å². The van der Waals surface area contributed by atoms with Gasteiger partial charge in [-0.15, -0.1) is 5.10 Å². The summed E-state index contributed by atoms with van der Waals surface area (Å²) in [5.74, 6) is 1.18. The minimum absolute atomic E-state index is 0.373. The van der Waals surface area contributed by atoms with Gasteiger partial charge in [0.25, 0.3) is 0 Å². The van der Waals surface area contributed by atoms with Gasteiger partial charge in [-0.1, -0.05) is 19.1 Å². The summed E-state index contributed by atoms with van der Waals surface area (Å²) in [6.07, 6.45) is 2.99. The summed E-state index contributed by atoms with van der Waals surface area (Å²) in [5.41, 5.74) is 2.00. The van der Waals surface area contributed by atoms with Crippen LogP contribution in [0.15, 0.2) is 0 Å². The molecule has 0 atom stereocenters. The normalized spacial score (nSPS) is 15.6. The first-order chi connectivity index (χ1) is 7.22. The molecule has 15 heavy (non-hydrogen) atoms. The van der Waals surface area contributed by atoms with Crippen LogP contribution in [0.2, 0.25) is 0 Å². The third-order valence-corrected chi connectivity index (χ3v) is 2.77. The second-order valence-corrected chi connectivity index (χ2v) is 4.54. The molecule has 1 aliphatic carbocycles. The van der Waals surface area contributed by atoms with E-state index < -0.39 is 0 Å². The largest absolute Gasteiger partial charge is 0.249 e. The van der Waals surface area contributed by atoms with E-state index in [1.165, 1.54) is 12.8 Å². The van der Waals surface area contributed by atoms with Crippen molar-refractivity contribution in [2.24, 2.45) is 5.92 Å². The molecular weight excluding hydrogens is 188 g/mol. The fraction of sp³-hybridized carbons (Fsp3) is 0.727. The number of hydrogen-bond donors (Lipinski definition) is 0. The molecule has 0 radical (unpaired) electrons. The van der Waals surface area contributed by atoms with Gasteiger partial charge in [-0.25, -0.2) is 4.68 Å². The molecule has 1 fully saturated rings. The fourth-order valence-electron chi connectivity index (χ4n) is 1.87. The lowest BCUT2D eigenvalue weighted by atomic mass is 10.1.